The average Bonchev–Trinajstić information content (AvgIpc) is 2.01. The molecule has 0 aliphatic carbocycles. The zero-order valence-corrected chi connectivity index (χ0v) is 6.98. The van der Waals surface area contributed by atoms with Crippen molar-refractivity contribution in [2.75, 3.05) is 7.05 Å². The second-order valence-electron chi connectivity index (χ2n) is 2.58. The highest BCUT2D eigenvalue weighted by Crippen LogP contribution is 2.09. The summed E-state index contributed by atoms with van der Waals surface area (Å²) in [6.45, 7) is 3.50. The van der Waals surface area contributed by atoms with Crippen LogP contribution in [0.15, 0.2) is 5.28 Å². The van der Waals surface area contributed by atoms with E-state index in [1.807, 2.05) is 6.92 Å². The number of hydrogen-bond donors (Lipinski definition) is 2. The second-order valence-corrected chi connectivity index (χ2v) is 2.58. The van der Waals surface area contributed by atoms with Gasteiger partial charge in [0, 0.05) is 0 Å². The average molecular weight is 162 g/mol. The lowest BCUT2D eigenvalue weighted by Crippen LogP contribution is -2.53. The summed E-state index contributed by atoms with van der Waals surface area (Å²) in [7, 11) is 1.45. The molecule has 0 aliphatic heterocycles. The van der Waals surface area contributed by atoms with E-state index in [0.29, 0.717) is 6.42 Å². The van der Waals surface area contributed by atoms with E-state index in [0.717, 1.165) is 5.01 Å². The molecule has 6 nitrogen and oxygen atoms in total. The van der Waals surface area contributed by atoms with Crippen molar-refractivity contribution in [1.29, 1.82) is 0 Å². The van der Waals surface area contributed by atoms with Gasteiger partial charge < -0.3 is 16.1 Å². The molecule has 0 rings (SSSR count). The molecule has 0 bridgehead atoms. The molecule has 0 radical (unpaired) electrons. The van der Waals surface area contributed by atoms with Gasteiger partial charge in [0.15, 0.2) is 0 Å². The van der Waals surface area contributed by atoms with Gasteiger partial charge in [-0.1, -0.05) is 6.92 Å². The van der Waals surface area contributed by atoms with Gasteiger partial charge in [-0.25, -0.2) is 0 Å². The lowest BCUT2D eigenvalue weighted by Gasteiger charge is -2.28. The van der Waals surface area contributed by atoms with E-state index < -0.39 is 5.66 Å². The fourth-order valence-electron chi connectivity index (χ4n) is 0.484. The van der Waals surface area contributed by atoms with Gasteiger partial charge in [0.25, 0.3) is 0 Å². The molecule has 0 spiro atoms. The Morgan fingerprint density at radius 2 is 2.27 bits per heavy atom. The number of hydrazine groups is 1. The zero-order valence-electron chi connectivity index (χ0n) is 6.98. The number of nitrogens with two attached hydrogens (primary N) is 1. The van der Waals surface area contributed by atoms with Crippen molar-refractivity contribution in [3.8, 4) is 0 Å². The molecule has 3 N–H and O–H groups in total. The minimum absolute atomic E-state index is 0.0451. The maximum Gasteiger partial charge on any atom is 0.230 e. The molecule has 1 atom stereocenters. The molecule has 0 saturated heterocycles. The largest absolute Gasteiger partial charge is 0.569 e. The third-order valence-corrected chi connectivity index (χ3v) is 1.79. The number of rotatable bonds is 3. The van der Waals surface area contributed by atoms with Crippen LogP contribution in [-0.2, 0) is 0 Å². The molecule has 0 amide bonds. The molecule has 1 unspecified atom stereocenters. The van der Waals surface area contributed by atoms with Crippen LogP contribution in [0.3, 0.4) is 0 Å². The van der Waals surface area contributed by atoms with Crippen LogP contribution in [-0.4, -0.2) is 27.9 Å². The van der Waals surface area contributed by atoms with Crippen LogP contribution in [0.2, 0.25) is 0 Å². The highest BCUT2D eigenvalue weighted by Gasteiger charge is 2.28. The van der Waals surface area contributed by atoms with Gasteiger partial charge in [-0.15, -0.1) is 5.01 Å². The number of hydrogen-bond acceptors (Lipinski definition) is 3. The maximum atomic E-state index is 10.7. The Morgan fingerprint density at radius 1 is 1.82 bits per heavy atom. The van der Waals surface area contributed by atoms with Crippen molar-refractivity contribution in [3.05, 3.63) is 5.21 Å². The van der Waals surface area contributed by atoms with Gasteiger partial charge in [-0.2, -0.15) is 0 Å². The van der Waals surface area contributed by atoms with E-state index in [1.165, 1.54) is 7.05 Å². The van der Waals surface area contributed by atoms with Gasteiger partial charge in [-0.3, -0.25) is 0 Å². The fourth-order valence-corrected chi connectivity index (χ4v) is 0.484. The van der Waals surface area contributed by atoms with Crippen molar-refractivity contribution in [2.45, 2.75) is 25.9 Å². The van der Waals surface area contributed by atoms with Crippen molar-refractivity contribution < 1.29 is 10.2 Å². The summed E-state index contributed by atoms with van der Waals surface area (Å²) in [5.74, 6) is 0. The summed E-state index contributed by atoms with van der Waals surface area (Å²) in [4.78, 5) is 0.0451. The second kappa shape index (κ2) is 3.38. The summed E-state index contributed by atoms with van der Waals surface area (Å²) in [5, 5.41) is 22.3. The Bertz CT molecular complexity index is 157. The van der Waals surface area contributed by atoms with Crippen molar-refractivity contribution in [1.82, 2.24) is 5.01 Å². The molecular weight excluding hydrogens is 148 g/mol. The Balaban J connectivity index is 4.35. The first-order chi connectivity index (χ1) is 4.95. The smallest absolute Gasteiger partial charge is 0.230 e. The third-order valence-electron chi connectivity index (χ3n) is 1.79. The standard InChI is InChI=1S/C5H14N4O2/c1-4-5(2,6)8(3)9(11)7-10/h10H,4,6H2,1-3H3/b9-7-. The minimum atomic E-state index is -0.784. The molecular formula is C5H14N4O2. The van der Waals surface area contributed by atoms with E-state index in [4.69, 9.17) is 10.9 Å². The lowest BCUT2D eigenvalue weighted by atomic mass is 10.1. The zero-order chi connectivity index (χ0) is 9.07. The van der Waals surface area contributed by atoms with Gasteiger partial charge in [0.1, 0.15) is 5.66 Å². The van der Waals surface area contributed by atoms with Gasteiger partial charge >= 0.3 is 0 Å². The number of nitrogens with zero attached hydrogens (tertiary/aromatic N) is 3. The van der Waals surface area contributed by atoms with Gasteiger partial charge in [-0.05, 0) is 13.3 Å². The van der Waals surface area contributed by atoms with Crippen LogP contribution < -0.4 is 5.73 Å². The van der Waals surface area contributed by atoms with Crippen molar-refractivity contribution in [2.24, 2.45) is 11.0 Å². The topological polar surface area (TPSA) is 87.9 Å². The van der Waals surface area contributed by atoms with E-state index in [9.17, 15) is 5.21 Å². The van der Waals surface area contributed by atoms with E-state index >= 15 is 0 Å². The summed E-state index contributed by atoms with van der Waals surface area (Å²) in [5.41, 5.74) is 4.87. The normalized spacial score (nSPS) is 17.6. The van der Waals surface area contributed by atoms with Crippen LogP contribution in [0, 0.1) is 5.21 Å². The van der Waals surface area contributed by atoms with E-state index in [2.05, 4.69) is 5.28 Å². The quantitative estimate of drug-likeness (QED) is 0.270. The first kappa shape index (κ1) is 9.96. The predicted octanol–water partition coefficient (Wildman–Crippen LogP) is 0.270. The molecule has 6 heteroatoms. The molecule has 66 valence electrons. The van der Waals surface area contributed by atoms with Crippen LogP contribution in [0.1, 0.15) is 20.3 Å². The third kappa shape index (κ3) is 2.23. The first-order valence-electron chi connectivity index (χ1n) is 3.30. The van der Waals surface area contributed by atoms with Gasteiger partial charge in [0.2, 0.25) is 5.28 Å². The molecule has 0 aromatic rings. The molecule has 0 aliphatic rings. The Hall–Kier alpha value is -1.04. The first-order valence-corrected chi connectivity index (χ1v) is 3.30. The van der Waals surface area contributed by atoms with Crippen molar-refractivity contribution in [3.63, 3.8) is 0 Å². The monoisotopic (exact) mass is 162 g/mol. The van der Waals surface area contributed by atoms with Crippen LogP contribution in [0.5, 0.6) is 0 Å². The molecule has 0 aromatic heterocycles. The fraction of sp³-hybridized carbons (Fsp3) is 1.00. The highest BCUT2D eigenvalue weighted by molar-refractivity contribution is 4.68. The molecule has 0 fully saturated rings. The van der Waals surface area contributed by atoms with Crippen LogP contribution >= 0.6 is 0 Å². The molecule has 0 saturated carbocycles. The molecule has 0 heterocycles. The lowest BCUT2D eigenvalue weighted by molar-refractivity contribution is -0.719. The minimum Gasteiger partial charge on any atom is -0.569 e. The highest BCUT2D eigenvalue weighted by atomic mass is 16.6. The van der Waals surface area contributed by atoms with Crippen molar-refractivity contribution >= 4 is 0 Å². The van der Waals surface area contributed by atoms with E-state index in [1.54, 1.807) is 6.92 Å². The SMILES string of the molecule is CCC(C)(N)N(C)/[N+]([O-])=N/O. The Labute approximate surface area is 65.4 Å². The summed E-state index contributed by atoms with van der Waals surface area (Å²) in [6.07, 6.45) is 0.581. The van der Waals surface area contributed by atoms with Gasteiger partial charge in [0.05, 0.1) is 12.0 Å². The Kier molecular flexibility index (Phi) is 3.06. The summed E-state index contributed by atoms with van der Waals surface area (Å²) >= 11 is 0. The van der Waals surface area contributed by atoms with Crippen LogP contribution in [0.4, 0.5) is 0 Å². The maximum absolute atomic E-state index is 10.7. The van der Waals surface area contributed by atoms with E-state index in [-0.39, 0.29) is 4.97 Å². The molecule has 11 heavy (non-hydrogen) atoms. The predicted molar refractivity (Wildman–Crippen MR) is 38.5 cm³/mol. The molecule has 0 aromatic carbocycles. The Morgan fingerprint density at radius 3 is 2.55 bits per heavy atom. The van der Waals surface area contributed by atoms with Crippen LogP contribution in [0.25, 0.3) is 0 Å². The summed E-state index contributed by atoms with van der Waals surface area (Å²) in [6, 6.07) is 0. The summed E-state index contributed by atoms with van der Waals surface area (Å²) < 4.78 is 0.